The first-order valence-corrected chi connectivity index (χ1v) is 9.59. The number of hydrogen-bond donors (Lipinski definition) is 1. The highest BCUT2D eigenvalue weighted by molar-refractivity contribution is 6.09. The molecule has 0 unspecified atom stereocenters. The van der Waals surface area contributed by atoms with Crippen molar-refractivity contribution in [2.75, 3.05) is 0 Å². The van der Waals surface area contributed by atoms with Crippen LogP contribution in [0.3, 0.4) is 0 Å². The van der Waals surface area contributed by atoms with Gasteiger partial charge in [0.1, 0.15) is 6.10 Å². The van der Waals surface area contributed by atoms with Gasteiger partial charge in [-0.25, -0.2) is 4.98 Å². The minimum Gasteiger partial charge on any atom is -0.479 e. The van der Waals surface area contributed by atoms with Crippen molar-refractivity contribution >= 4 is 11.7 Å². The fourth-order valence-corrected chi connectivity index (χ4v) is 4.01. The predicted molar refractivity (Wildman–Crippen MR) is 104 cm³/mol. The molecule has 1 amide bonds. The maximum Gasteiger partial charge on any atom is 0.252 e. The second-order valence-corrected chi connectivity index (χ2v) is 7.23. The number of carbonyl (C=O) groups is 2. The molecule has 1 aromatic heterocycles. The van der Waals surface area contributed by atoms with Crippen LogP contribution in [0.15, 0.2) is 71.5 Å². The lowest BCUT2D eigenvalue weighted by Crippen LogP contribution is -2.28. The number of benzene rings is 1. The summed E-state index contributed by atoms with van der Waals surface area (Å²) in [7, 11) is 0. The molecule has 1 atom stereocenters. The van der Waals surface area contributed by atoms with E-state index in [0.29, 0.717) is 13.0 Å². The molecule has 28 heavy (non-hydrogen) atoms. The summed E-state index contributed by atoms with van der Waals surface area (Å²) >= 11 is 0. The highest BCUT2D eigenvalue weighted by atomic mass is 16.5. The Hall–Kier alpha value is -3.15. The zero-order valence-electron chi connectivity index (χ0n) is 15.6. The lowest BCUT2D eigenvalue weighted by atomic mass is 9.80. The monoisotopic (exact) mass is 377 g/mol. The summed E-state index contributed by atoms with van der Waals surface area (Å²) in [4.78, 5) is 29.2. The van der Waals surface area contributed by atoms with Gasteiger partial charge in [-0.3, -0.25) is 9.59 Å². The third-order valence-corrected chi connectivity index (χ3v) is 5.35. The van der Waals surface area contributed by atoms with E-state index in [-0.39, 0.29) is 17.1 Å². The van der Waals surface area contributed by atoms with E-state index in [1.807, 2.05) is 41.1 Å². The van der Waals surface area contributed by atoms with Gasteiger partial charge in [0.15, 0.2) is 5.76 Å². The molecule has 0 aliphatic heterocycles. The molecule has 0 radical (unpaired) electrons. The average molecular weight is 377 g/mol. The molecular formula is C22H23N3O3. The standard InChI is InChI=1S/C22H23N3O3/c23-22(27)20-17-9-5-4-8-16(17)12-18(26)21(20)28-19(13-25-11-10-24-14-25)15-6-2-1-3-7-15/h1-3,6-7,10-11,14,19H,4-5,8-9,12-13H2,(H2,23,27)/t19-/m1/s1. The maximum absolute atomic E-state index is 12.9. The predicted octanol–water partition coefficient (Wildman–Crippen LogP) is 3.22. The number of rotatable bonds is 6. The van der Waals surface area contributed by atoms with Gasteiger partial charge in [0.05, 0.1) is 18.4 Å². The molecule has 0 saturated heterocycles. The molecule has 2 aliphatic carbocycles. The maximum atomic E-state index is 12.9. The molecule has 2 aromatic rings. The van der Waals surface area contributed by atoms with Crippen LogP contribution in [0, 0.1) is 0 Å². The van der Waals surface area contributed by atoms with Gasteiger partial charge in [0.25, 0.3) is 5.91 Å². The molecule has 0 bridgehead atoms. The van der Waals surface area contributed by atoms with Crippen LogP contribution in [0.25, 0.3) is 0 Å². The smallest absolute Gasteiger partial charge is 0.252 e. The van der Waals surface area contributed by atoms with Crippen molar-refractivity contribution in [2.24, 2.45) is 5.73 Å². The summed E-state index contributed by atoms with van der Waals surface area (Å²) in [6.07, 6.45) is 8.77. The Morgan fingerprint density at radius 2 is 2.00 bits per heavy atom. The number of hydrogen-bond acceptors (Lipinski definition) is 4. The molecule has 6 nitrogen and oxygen atoms in total. The molecule has 2 N–H and O–H groups in total. The number of Topliss-reactive ketones (excluding diaryl/α,β-unsaturated/α-hetero) is 1. The number of aromatic nitrogens is 2. The second-order valence-electron chi connectivity index (χ2n) is 7.23. The van der Waals surface area contributed by atoms with E-state index in [0.717, 1.165) is 42.4 Å². The molecule has 1 heterocycles. The number of ether oxygens (including phenoxy) is 1. The number of nitrogens with zero attached hydrogens (tertiary/aromatic N) is 2. The third-order valence-electron chi connectivity index (χ3n) is 5.35. The third kappa shape index (κ3) is 3.63. The minimum atomic E-state index is -0.591. The minimum absolute atomic E-state index is 0.113. The largest absolute Gasteiger partial charge is 0.479 e. The van der Waals surface area contributed by atoms with Gasteiger partial charge in [-0.2, -0.15) is 0 Å². The van der Waals surface area contributed by atoms with Crippen molar-refractivity contribution in [3.8, 4) is 0 Å². The van der Waals surface area contributed by atoms with E-state index in [1.165, 1.54) is 0 Å². The molecule has 0 spiro atoms. The van der Waals surface area contributed by atoms with Crippen molar-refractivity contribution in [1.29, 1.82) is 0 Å². The summed E-state index contributed by atoms with van der Waals surface area (Å²) in [5, 5.41) is 0. The van der Waals surface area contributed by atoms with Gasteiger partial charge in [-0.05, 0) is 36.8 Å². The van der Waals surface area contributed by atoms with E-state index in [9.17, 15) is 9.59 Å². The summed E-state index contributed by atoms with van der Waals surface area (Å²) in [6, 6.07) is 9.67. The van der Waals surface area contributed by atoms with Crippen LogP contribution in [0.1, 0.15) is 43.8 Å². The lowest BCUT2D eigenvalue weighted by molar-refractivity contribution is -0.121. The van der Waals surface area contributed by atoms with Crippen LogP contribution < -0.4 is 5.73 Å². The molecule has 6 heteroatoms. The number of carbonyl (C=O) groups excluding carboxylic acids is 2. The van der Waals surface area contributed by atoms with Gasteiger partial charge in [-0.15, -0.1) is 0 Å². The van der Waals surface area contributed by atoms with Crippen LogP contribution in [0.4, 0.5) is 0 Å². The van der Waals surface area contributed by atoms with E-state index >= 15 is 0 Å². The van der Waals surface area contributed by atoms with Crippen LogP contribution in [-0.2, 0) is 20.9 Å². The number of amides is 1. The normalized spacial score (nSPS) is 18.1. The van der Waals surface area contributed by atoms with Gasteiger partial charge in [-0.1, -0.05) is 35.9 Å². The molecule has 0 saturated carbocycles. The fraction of sp³-hybridized carbons (Fsp3) is 0.318. The van der Waals surface area contributed by atoms with Crippen LogP contribution >= 0.6 is 0 Å². The first-order valence-electron chi connectivity index (χ1n) is 9.59. The summed E-state index contributed by atoms with van der Waals surface area (Å²) < 4.78 is 8.12. The topological polar surface area (TPSA) is 87.2 Å². The SMILES string of the molecule is NC(=O)C1=C(O[C@H](Cn2ccnc2)c2ccccc2)C(=O)CC2=C1CCCC2. The van der Waals surface area contributed by atoms with E-state index < -0.39 is 12.0 Å². The quantitative estimate of drug-likeness (QED) is 0.837. The summed E-state index contributed by atoms with van der Waals surface area (Å²) in [5.41, 5.74) is 8.86. The van der Waals surface area contributed by atoms with Crippen molar-refractivity contribution in [2.45, 2.75) is 44.8 Å². The highest BCUT2D eigenvalue weighted by Crippen LogP contribution is 2.39. The first-order chi connectivity index (χ1) is 13.6. The van der Waals surface area contributed by atoms with Crippen LogP contribution in [-0.4, -0.2) is 21.2 Å². The Bertz CT molecular complexity index is 943. The Balaban J connectivity index is 1.74. The van der Waals surface area contributed by atoms with Crippen molar-refractivity contribution in [3.05, 3.63) is 77.1 Å². The number of primary amides is 1. The van der Waals surface area contributed by atoms with Crippen LogP contribution in [0.5, 0.6) is 0 Å². The number of imidazole rings is 1. The second kappa shape index (κ2) is 7.84. The lowest BCUT2D eigenvalue weighted by Gasteiger charge is -2.29. The Morgan fingerprint density at radius 1 is 1.21 bits per heavy atom. The molecule has 1 aromatic carbocycles. The van der Waals surface area contributed by atoms with Crippen molar-refractivity contribution in [3.63, 3.8) is 0 Å². The Kier molecular flexibility index (Phi) is 5.10. The molecule has 4 rings (SSSR count). The number of ketones is 1. The van der Waals surface area contributed by atoms with E-state index in [2.05, 4.69) is 4.98 Å². The van der Waals surface area contributed by atoms with Gasteiger partial charge in [0, 0.05) is 18.8 Å². The molecule has 144 valence electrons. The zero-order chi connectivity index (χ0) is 19.5. The van der Waals surface area contributed by atoms with Gasteiger partial charge < -0.3 is 15.0 Å². The Morgan fingerprint density at radius 3 is 2.71 bits per heavy atom. The molecule has 0 fully saturated rings. The van der Waals surface area contributed by atoms with Crippen molar-refractivity contribution < 1.29 is 14.3 Å². The van der Waals surface area contributed by atoms with Gasteiger partial charge >= 0.3 is 0 Å². The van der Waals surface area contributed by atoms with Crippen molar-refractivity contribution in [1.82, 2.24) is 9.55 Å². The summed E-state index contributed by atoms with van der Waals surface area (Å²) in [5.74, 6) is -0.643. The highest BCUT2D eigenvalue weighted by Gasteiger charge is 2.34. The zero-order valence-corrected chi connectivity index (χ0v) is 15.6. The van der Waals surface area contributed by atoms with E-state index in [4.69, 9.17) is 10.5 Å². The average Bonchev–Trinajstić information content (AvgIpc) is 3.21. The number of allylic oxidation sites excluding steroid dienone is 2. The molecule has 2 aliphatic rings. The van der Waals surface area contributed by atoms with Crippen LogP contribution in [0.2, 0.25) is 0 Å². The number of nitrogens with two attached hydrogens (primary N) is 1. The molecular weight excluding hydrogens is 354 g/mol. The fourth-order valence-electron chi connectivity index (χ4n) is 4.01. The summed E-state index contributed by atoms with van der Waals surface area (Å²) in [6.45, 7) is 0.471. The van der Waals surface area contributed by atoms with E-state index in [1.54, 1.807) is 12.5 Å². The Labute approximate surface area is 163 Å². The first kappa shape index (κ1) is 18.2. The van der Waals surface area contributed by atoms with Gasteiger partial charge in [0.2, 0.25) is 5.78 Å².